The Hall–Kier alpha value is -1.30. The van der Waals surface area contributed by atoms with Crippen molar-refractivity contribution >= 4 is 0 Å². The minimum Gasteiger partial charge on any atom is -0.0848 e. The van der Waals surface area contributed by atoms with Gasteiger partial charge in [0, 0.05) is 0 Å². The lowest BCUT2D eigenvalue weighted by Crippen LogP contribution is -2.22. The maximum atomic E-state index is 2.62. The fourth-order valence-electron chi connectivity index (χ4n) is 7.29. The molecule has 4 rings (SSSR count). The van der Waals surface area contributed by atoms with Crippen LogP contribution in [-0.4, -0.2) is 0 Å². The highest BCUT2D eigenvalue weighted by Gasteiger charge is 2.29. The van der Waals surface area contributed by atoms with Crippen molar-refractivity contribution in [2.45, 2.75) is 129 Å². The molecule has 0 heterocycles. The largest absolute Gasteiger partial charge is 0.0848 e. The summed E-state index contributed by atoms with van der Waals surface area (Å²) in [6.07, 6.45) is 34.3. The zero-order valence-electron chi connectivity index (χ0n) is 23.1. The van der Waals surface area contributed by atoms with E-state index in [-0.39, 0.29) is 0 Å². The van der Waals surface area contributed by atoms with Crippen LogP contribution in [0.1, 0.15) is 134 Å². The zero-order valence-corrected chi connectivity index (χ0v) is 23.1. The third-order valence-electron chi connectivity index (χ3n) is 9.82. The summed E-state index contributed by atoms with van der Waals surface area (Å²) in [5.74, 6) is 5.17. The quantitative estimate of drug-likeness (QED) is 0.221. The van der Waals surface area contributed by atoms with E-state index in [4.69, 9.17) is 0 Å². The fourth-order valence-corrected chi connectivity index (χ4v) is 7.29. The average Bonchev–Trinajstić information content (AvgIpc) is 2.92. The van der Waals surface area contributed by atoms with Crippen LogP contribution in [0, 0.1) is 29.6 Å². The van der Waals surface area contributed by atoms with Crippen LogP contribution in [0.5, 0.6) is 0 Å². The number of unbranched alkanes of at least 4 members (excludes halogenated alkanes) is 3. The van der Waals surface area contributed by atoms with E-state index in [0.29, 0.717) is 5.92 Å². The maximum Gasteiger partial charge on any atom is -0.00531 e. The number of aryl methyl sites for hydroxylation is 1. The number of hydrogen-bond acceptors (Lipinski definition) is 0. The Morgan fingerprint density at radius 2 is 1.43 bits per heavy atom. The molecule has 2 atom stereocenters. The van der Waals surface area contributed by atoms with Gasteiger partial charge >= 0.3 is 0 Å². The normalized spacial score (nSPS) is 31.7. The molecule has 1 aromatic rings. The molecule has 35 heavy (non-hydrogen) atoms. The Bertz CT molecular complexity index is 752. The summed E-state index contributed by atoms with van der Waals surface area (Å²) < 4.78 is 0. The Morgan fingerprint density at radius 1 is 0.686 bits per heavy atom. The van der Waals surface area contributed by atoms with E-state index < -0.39 is 0 Å². The molecular weight excluding hydrogens is 420 g/mol. The van der Waals surface area contributed by atoms with E-state index >= 15 is 0 Å². The number of rotatable bonds is 11. The van der Waals surface area contributed by atoms with E-state index in [1.807, 2.05) is 0 Å². The molecular formula is C35H54. The van der Waals surface area contributed by atoms with Gasteiger partial charge in [-0.15, -0.1) is 0 Å². The Balaban J connectivity index is 1.15. The van der Waals surface area contributed by atoms with Crippen LogP contribution in [0.4, 0.5) is 0 Å². The highest BCUT2D eigenvalue weighted by molar-refractivity contribution is 5.26. The van der Waals surface area contributed by atoms with Gasteiger partial charge in [0.05, 0.1) is 0 Å². The summed E-state index contributed by atoms with van der Waals surface area (Å²) in [6.45, 7) is 4.61. The van der Waals surface area contributed by atoms with E-state index in [1.54, 1.807) is 5.56 Å². The van der Waals surface area contributed by atoms with Crippen LogP contribution in [-0.2, 0) is 6.42 Å². The van der Waals surface area contributed by atoms with Crippen LogP contribution < -0.4 is 0 Å². The molecule has 2 fully saturated rings. The van der Waals surface area contributed by atoms with Gasteiger partial charge in [0.2, 0.25) is 0 Å². The average molecular weight is 475 g/mol. The first kappa shape index (κ1) is 26.8. The van der Waals surface area contributed by atoms with Gasteiger partial charge in [-0.1, -0.05) is 94.5 Å². The first-order valence-corrected chi connectivity index (χ1v) is 15.7. The molecule has 0 spiro atoms. The second-order valence-electron chi connectivity index (χ2n) is 12.4. The van der Waals surface area contributed by atoms with Gasteiger partial charge < -0.3 is 0 Å². The van der Waals surface area contributed by atoms with Crippen molar-refractivity contribution in [3.05, 3.63) is 59.7 Å². The Morgan fingerprint density at radius 3 is 2.09 bits per heavy atom. The molecule has 3 aliphatic carbocycles. The smallest absolute Gasteiger partial charge is 0.00531 e. The van der Waals surface area contributed by atoms with Crippen molar-refractivity contribution in [2.75, 3.05) is 0 Å². The first-order valence-electron chi connectivity index (χ1n) is 15.7. The third-order valence-corrected chi connectivity index (χ3v) is 9.82. The minimum absolute atomic E-state index is 0.705. The molecule has 0 aromatic heterocycles. The molecule has 0 heteroatoms. The molecule has 1 aromatic carbocycles. The van der Waals surface area contributed by atoms with Crippen molar-refractivity contribution in [3.63, 3.8) is 0 Å². The van der Waals surface area contributed by atoms with Crippen LogP contribution in [0.3, 0.4) is 0 Å². The molecule has 2 saturated carbocycles. The summed E-state index contributed by atoms with van der Waals surface area (Å²) in [4.78, 5) is 0. The maximum absolute atomic E-state index is 2.62. The highest BCUT2D eigenvalue weighted by Crippen LogP contribution is 2.42. The molecule has 0 bridgehead atoms. The van der Waals surface area contributed by atoms with Crippen LogP contribution in [0.25, 0.3) is 0 Å². The molecule has 0 nitrogen and oxygen atoms in total. The number of allylic oxidation sites excluding steroid dienone is 4. The Kier molecular flexibility index (Phi) is 11.0. The summed E-state index contributed by atoms with van der Waals surface area (Å²) in [5.41, 5.74) is 3.12. The van der Waals surface area contributed by atoms with Crippen LogP contribution in [0.15, 0.2) is 48.6 Å². The lowest BCUT2D eigenvalue weighted by Gasteiger charge is -2.35. The summed E-state index contributed by atoms with van der Waals surface area (Å²) in [7, 11) is 0. The van der Waals surface area contributed by atoms with E-state index in [9.17, 15) is 0 Å². The van der Waals surface area contributed by atoms with Gasteiger partial charge in [0.15, 0.2) is 0 Å². The predicted molar refractivity (Wildman–Crippen MR) is 154 cm³/mol. The van der Waals surface area contributed by atoms with Crippen molar-refractivity contribution in [2.24, 2.45) is 29.6 Å². The van der Waals surface area contributed by atoms with Crippen molar-refractivity contribution in [1.82, 2.24) is 0 Å². The van der Waals surface area contributed by atoms with Gasteiger partial charge in [-0.25, -0.2) is 0 Å². The van der Waals surface area contributed by atoms with Crippen LogP contribution in [0.2, 0.25) is 0 Å². The summed E-state index contributed by atoms with van der Waals surface area (Å²) in [6, 6.07) is 9.67. The van der Waals surface area contributed by atoms with Crippen molar-refractivity contribution in [3.8, 4) is 0 Å². The van der Waals surface area contributed by atoms with Crippen molar-refractivity contribution in [1.29, 1.82) is 0 Å². The molecule has 0 aliphatic heterocycles. The van der Waals surface area contributed by atoms with Crippen LogP contribution >= 0.6 is 0 Å². The minimum atomic E-state index is 0.705. The number of benzene rings is 1. The van der Waals surface area contributed by atoms with Crippen molar-refractivity contribution < 1.29 is 0 Å². The Labute approximate surface area is 218 Å². The second-order valence-corrected chi connectivity index (χ2v) is 12.4. The highest BCUT2D eigenvalue weighted by atomic mass is 14.3. The molecule has 0 amide bonds. The molecule has 0 N–H and O–H groups in total. The molecule has 194 valence electrons. The van der Waals surface area contributed by atoms with Gasteiger partial charge in [0.25, 0.3) is 0 Å². The molecule has 0 radical (unpaired) electrons. The first-order chi connectivity index (χ1) is 17.2. The zero-order chi connectivity index (χ0) is 24.3. The SMILES string of the molecule is CCCCCC1CCC(/C=C/C2C=CC(C3CCC(c4ccc(CCCC)cc4)CC3)CC2)CC1. The molecule has 0 saturated heterocycles. The second kappa shape index (κ2) is 14.4. The van der Waals surface area contributed by atoms with Gasteiger partial charge in [-0.05, 0) is 124 Å². The standard InChI is InChI=1S/C35H54/c1-3-5-7-9-29-10-12-30(13-11-29)14-15-31-18-22-33(23-19-31)35-26-24-34(25-27-35)32-20-16-28(17-21-32)8-6-4-2/h14-18,20-22,29-31,33-35H,3-13,19,23-27H2,1-2H3/b15-14+. The van der Waals surface area contributed by atoms with Gasteiger partial charge in [-0.3, -0.25) is 0 Å². The topological polar surface area (TPSA) is 0 Å². The molecule has 3 aliphatic rings. The monoisotopic (exact) mass is 474 g/mol. The van der Waals surface area contributed by atoms with E-state index in [2.05, 4.69) is 62.4 Å². The van der Waals surface area contributed by atoms with Gasteiger partial charge in [0.1, 0.15) is 0 Å². The fraction of sp³-hybridized carbons (Fsp3) is 0.714. The van der Waals surface area contributed by atoms with E-state index in [0.717, 1.165) is 29.6 Å². The summed E-state index contributed by atoms with van der Waals surface area (Å²) >= 11 is 0. The number of hydrogen-bond donors (Lipinski definition) is 0. The lowest BCUT2D eigenvalue weighted by atomic mass is 9.70. The van der Waals surface area contributed by atoms with Gasteiger partial charge in [-0.2, -0.15) is 0 Å². The lowest BCUT2D eigenvalue weighted by molar-refractivity contribution is 0.244. The third kappa shape index (κ3) is 8.36. The van der Waals surface area contributed by atoms with E-state index in [1.165, 1.54) is 115 Å². The molecule has 2 unspecified atom stereocenters. The predicted octanol–water partition coefficient (Wildman–Crippen LogP) is 10.8. The summed E-state index contributed by atoms with van der Waals surface area (Å²) in [5, 5.41) is 0.